The van der Waals surface area contributed by atoms with Gasteiger partial charge in [0.15, 0.2) is 0 Å². The van der Waals surface area contributed by atoms with Gasteiger partial charge >= 0.3 is 0 Å². The molecular weight excluding hydrogens is 188 g/mol. The van der Waals surface area contributed by atoms with Gasteiger partial charge in [-0.2, -0.15) is 0 Å². The molecule has 2 rings (SSSR count). The summed E-state index contributed by atoms with van der Waals surface area (Å²) in [7, 11) is 0. The zero-order chi connectivity index (χ0) is 11.1. The summed E-state index contributed by atoms with van der Waals surface area (Å²) in [6, 6.07) is 0. The molecule has 15 heavy (non-hydrogen) atoms. The van der Waals surface area contributed by atoms with Crippen molar-refractivity contribution < 1.29 is 9.47 Å². The molecule has 0 saturated carbocycles. The number of hydrogen-bond donors (Lipinski definition) is 0. The van der Waals surface area contributed by atoms with Crippen molar-refractivity contribution in [3.05, 3.63) is 24.3 Å². The van der Waals surface area contributed by atoms with Crippen LogP contribution in [0.3, 0.4) is 0 Å². The molecule has 0 radical (unpaired) electrons. The molecule has 0 aromatic heterocycles. The van der Waals surface area contributed by atoms with E-state index in [-0.39, 0.29) is 17.3 Å². The van der Waals surface area contributed by atoms with Crippen molar-refractivity contribution in [2.75, 3.05) is 6.61 Å². The summed E-state index contributed by atoms with van der Waals surface area (Å²) in [5.41, 5.74) is 1.11. The Morgan fingerprint density at radius 1 is 1.47 bits per heavy atom. The van der Waals surface area contributed by atoms with Crippen LogP contribution in [-0.2, 0) is 9.47 Å². The summed E-state index contributed by atoms with van der Waals surface area (Å²) in [4.78, 5) is 0. The van der Waals surface area contributed by atoms with Crippen molar-refractivity contribution in [1.82, 2.24) is 0 Å². The lowest BCUT2D eigenvalue weighted by atomic mass is 9.85. The highest BCUT2D eigenvalue weighted by Crippen LogP contribution is 2.46. The average Bonchev–Trinajstić information content (AvgIpc) is 2.78. The molecule has 2 aliphatic rings. The maximum atomic E-state index is 5.99. The second kappa shape index (κ2) is 3.46. The summed E-state index contributed by atoms with van der Waals surface area (Å²) >= 11 is 0. The van der Waals surface area contributed by atoms with Gasteiger partial charge in [-0.15, -0.1) is 0 Å². The van der Waals surface area contributed by atoms with Crippen molar-refractivity contribution in [1.29, 1.82) is 0 Å². The van der Waals surface area contributed by atoms with Crippen LogP contribution in [0, 0.1) is 0 Å². The minimum atomic E-state index is -0.0706. The van der Waals surface area contributed by atoms with Crippen LogP contribution in [0.1, 0.15) is 33.6 Å². The van der Waals surface area contributed by atoms with Crippen molar-refractivity contribution in [3.63, 3.8) is 0 Å². The van der Waals surface area contributed by atoms with Crippen LogP contribution >= 0.6 is 0 Å². The second-order valence-corrected chi connectivity index (χ2v) is 5.47. The van der Waals surface area contributed by atoms with Gasteiger partial charge < -0.3 is 9.47 Å². The SMILES string of the molecule is C=C(C)C=CC1CC2(CO2)CC(C)(C)O1. The van der Waals surface area contributed by atoms with Gasteiger partial charge in [0.25, 0.3) is 0 Å². The Hall–Kier alpha value is -0.600. The monoisotopic (exact) mass is 208 g/mol. The lowest BCUT2D eigenvalue weighted by molar-refractivity contribution is -0.112. The molecule has 0 N–H and O–H groups in total. The van der Waals surface area contributed by atoms with Crippen LogP contribution in [-0.4, -0.2) is 23.9 Å². The van der Waals surface area contributed by atoms with E-state index in [1.807, 2.05) is 13.0 Å². The molecule has 0 aromatic carbocycles. The van der Waals surface area contributed by atoms with Crippen molar-refractivity contribution in [2.24, 2.45) is 0 Å². The van der Waals surface area contributed by atoms with E-state index in [0.717, 1.165) is 25.0 Å². The molecule has 2 saturated heterocycles. The van der Waals surface area contributed by atoms with Crippen molar-refractivity contribution in [3.8, 4) is 0 Å². The molecule has 2 heteroatoms. The number of ether oxygens (including phenoxy) is 2. The lowest BCUT2D eigenvalue weighted by Crippen LogP contribution is -2.43. The van der Waals surface area contributed by atoms with Gasteiger partial charge in [-0.1, -0.05) is 24.3 Å². The Labute approximate surface area is 92.0 Å². The largest absolute Gasteiger partial charge is 0.369 e. The molecule has 2 unspecified atom stereocenters. The van der Waals surface area contributed by atoms with Gasteiger partial charge in [0.2, 0.25) is 0 Å². The topological polar surface area (TPSA) is 21.8 Å². The molecule has 0 aliphatic carbocycles. The molecular formula is C13H20O2. The third-order valence-corrected chi connectivity index (χ3v) is 2.94. The zero-order valence-electron chi connectivity index (χ0n) is 9.88. The fourth-order valence-corrected chi connectivity index (χ4v) is 2.41. The molecule has 0 amide bonds. The van der Waals surface area contributed by atoms with Crippen molar-refractivity contribution >= 4 is 0 Å². The number of rotatable bonds is 2. The summed E-state index contributed by atoms with van der Waals surface area (Å²) in [6.45, 7) is 11.0. The first-order valence-corrected chi connectivity index (χ1v) is 5.56. The molecule has 0 aromatic rings. The molecule has 0 bridgehead atoms. The predicted molar refractivity (Wildman–Crippen MR) is 60.8 cm³/mol. The minimum Gasteiger partial charge on any atom is -0.369 e. The maximum Gasteiger partial charge on any atom is 0.0971 e. The zero-order valence-corrected chi connectivity index (χ0v) is 9.88. The van der Waals surface area contributed by atoms with E-state index in [9.17, 15) is 0 Å². The first kappa shape index (κ1) is 10.9. The normalized spacial score (nSPS) is 38.5. The average molecular weight is 208 g/mol. The molecule has 2 aliphatic heterocycles. The van der Waals surface area contributed by atoms with Gasteiger partial charge in [-0.05, 0) is 20.8 Å². The van der Waals surface area contributed by atoms with Crippen LogP contribution in [0.25, 0.3) is 0 Å². The standard InChI is InChI=1S/C13H20O2/c1-10(2)5-6-11-7-13(9-14-13)8-12(3,4)15-11/h5-6,11H,1,7-9H2,2-4H3. The van der Waals surface area contributed by atoms with Crippen LogP contribution in [0.5, 0.6) is 0 Å². The predicted octanol–water partition coefficient (Wildman–Crippen LogP) is 2.85. The molecule has 2 atom stereocenters. The molecule has 2 fully saturated rings. The van der Waals surface area contributed by atoms with E-state index in [1.54, 1.807) is 0 Å². The van der Waals surface area contributed by atoms with Crippen LogP contribution in [0.4, 0.5) is 0 Å². The van der Waals surface area contributed by atoms with Gasteiger partial charge in [0.1, 0.15) is 0 Å². The van der Waals surface area contributed by atoms with E-state index in [2.05, 4.69) is 26.5 Å². The highest BCUT2D eigenvalue weighted by atomic mass is 16.6. The molecule has 1 spiro atoms. The van der Waals surface area contributed by atoms with Crippen LogP contribution in [0.15, 0.2) is 24.3 Å². The quantitative estimate of drug-likeness (QED) is 0.514. The van der Waals surface area contributed by atoms with E-state index in [0.29, 0.717) is 0 Å². The first-order valence-electron chi connectivity index (χ1n) is 5.56. The number of epoxide rings is 1. The molecule has 2 heterocycles. The van der Waals surface area contributed by atoms with Crippen LogP contribution in [0.2, 0.25) is 0 Å². The van der Waals surface area contributed by atoms with Gasteiger partial charge in [-0.25, -0.2) is 0 Å². The molecule has 84 valence electrons. The Morgan fingerprint density at radius 3 is 2.67 bits per heavy atom. The van der Waals surface area contributed by atoms with E-state index in [1.165, 1.54) is 0 Å². The van der Waals surface area contributed by atoms with Gasteiger partial charge in [0.05, 0.1) is 23.9 Å². The number of allylic oxidation sites excluding steroid dienone is 2. The summed E-state index contributed by atoms with van der Waals surface area (Å²) in [6.07, 6.45) is 6.31. The minimum absolute atomic E-state index is 0.0706. The van der Waals surface area contributed by atoms with Crippen LogP contribution < -0.4 is 0 Å². The van der Waals surface area contributed by atoms with Gasteiger partial charge in [0, 0.05) is 12.8 Å². The third kappa shape index (κ3) is 2.70. The second-order valence-electron chi connectivity index (χ2n) is 5.47. The number of hydrogen-bond acceptors (Lipinski definition) is 2. The highest BCUT2D eigenvalue weighted by molar-refractivity contribution is 5.15. The fourth-order valence-electron chi connectivity index (χ4n) is 2.41. The third-order valence-electron chi connectivity index (χ3n) is 2.94. The first-order chi connectivity index (χ1) is 6.91. The van der Waals surface area contributed by atoms with Crippen molar-refractivity contribution in [2.45, 2.75) is 50.9 Å². The Balaban J connectivity index is 2.04. The van der Waals surface area contributed by atoms with E-state index in [4.69, 9.17) is 9.47 Å². The fraction of sp³-hybridized carbons (Fsp3) is 0.692. The summed E-state index contributed by atoms with van der Waals surface area (Å²) in [5, 5.41) is 0. The van der Waals surface area contributed by atoms with E-state index < -0.39 is 0 Å². The highest BCUT2D eigenvalue weighted by Gasteiger charge is 2.53. The maximum absolute atomic E-state index is 5.99. The summed E-state index contributed by atoms with van der Waals surface area (Å²) in [5.74, 6) is 0. The molecule has 2 nitrogen and oxygen atoms in total. The summed E-state index contributed by atoms with van der Waals surface area (Å²) < 4.78 is 11.6. The Bertz CT molecular complexity index is 292. The smallest absolute Gasteiger partial charge is 0.0971 e. The van der Waals surface area contributed by atoms with Gasteiger partial charge in [-0.3, -0.25) is 0 Å². The van der Waals surface area contributed by atoms with E-state index >= 15 is 0 Å². The lowest BCUT2D eigenvalue weighted by Gasteiger charge is -2.38. The Kier molecular flexibility index (Phi) is 2.52. The Morgan fingerprint density at radius 2 is 2.13 bits per heavy atom.